The van der Waals surface area contributed by atoms with Crippen LogP contribution in [0.5, 0.6) is 0 Å². The van der Waals surface area contributed by atoms with E-state index in [-0.39, 0.29) is 17.2 Å². The van der Waals surface area contributed by atoms with Crippen molar-refractivity contribution in [3.8, 4) is 11.3 Å². The lowest BCUT2D eigenvalue weighted by Gasteiger charge is -2.18. The van der Waals surface area contributed by atoms with Crippen molar-refractivity contribution in [2.75, 3.05) is 0 Å². The van der Waals surface area contributed by atoms with Crippen molar-refractivity contribution < 1.29 is 9.21 Å². The molecular weight excluding hydrogens is 455 g/mol. The van der Waals surface area contributed by atoms with Crippen LogP contribution in [-0.2, 0) is 10.2 Å². The Morgan fingerprint density at radius 3 is 2.27 bits per heavy atom. The van der Waals surface area contributed by atoms with Crippen molar-refractivity contribution in [3.05, 3.63) is 118 Å². The second-order valence-corrected chi connectivity index (χ2v) is 8.86. The quantitative estimate of drug-likeness (QED) is 0.249. The lowest BCUT2D eigenvalue weighted by Crippen LogP contribution is -2.25. The summed E-state index contributed by atoms with van der Waals surface area (Å²) >= 11 is 12.3. The van der Waals surface area contributed by atoms with Gasteiger partial charge in [0, 0.05) is 16.0 Å². The fourth-order valence-corrected chi connectivity index (χ4v) is 4.73. The van der Waals surface area contributed by atoms with Crippen LogP contribution in [-0.4, -0.2) is 12.1 Å². The SMILES string of the molecule is O=C(NN=Cc1ccc(-c2cc(Cl)ccc2Cl)o1)[C@H]1CC1(c1ccccc1)c1ccccc1. The van der Waals surface area contributed by atoms with Gasteiger partial charge < -0.3 is 4.42 Å². The number of nitrogens with one attached hydrogen (secondary N) is 1. The van der Waals surface area contributed by atoms with Gasteiger partial charge in [-0.05, 0) is 47.9 Å². The van der Waals surface area contributed by atoms with E-state index in [2.05, 4.69) is 34.8 Å². The highest BCUT2D eigenvalue weighted by molar-refractivity contribution is 6.35. The van der Waals surface area contributed by atoms with Gasteiger partial charge in [-0.15, -0.1) is 0 Å². The number of rotatable bonds is 6. The van der Waals surface area contributed by atoms with E-state index in [1.165, 1.54) is 6.21 Å². The van der Waals surface area contributed by atoms with Gasteiger partial charge in [0.15, 0.2) is 0 Å². The van der Waals surface area contributed by atoms with Crippen molar-refractivity contribution in [2.45, 2.75) is 11.8 Å². The van der Waals surface area contributed by atoms with Crippen molar-refractivity contribution in [1.82, 2.24) is 5.43 Å². The van der Waals surface area contributed by atoms with Crippen LogP contribution in [0.4, 0.5) is 0 Å². The number of hydrazone groups is 1. The predicted molar refractivity (Wildman–Crippen MR) is 132 cm³/mol. The van der Waals surface area contributed by atoms with Crippen molar-refractivity contribution in [2.24, 2.45) is 11.0 Å². The monoisotopic (exact) mass is 474 g/mol. The van der Waals surface area contributed by atoms with Crippen LogP contribution in [0.3, 0.4) is 0 Å². The predicted octanol–water partition coefficient (Wildman–Crippen LogP) is 6.71. The molecule has 0 radical (unpaired) electrons. The van der Waals surface area contributed by atoms with E-state index in [4.69, 9.17) is 27.6 Å². The third-order valence-electron chi connectivity index (χ3n) is 6.04. The van der Waals surface area contributed by atoms with Crippen LogP contribution in [0.15, 0.2) is 101 Å². The number of nitrogens with zero attached hydrogens (tertiary/aromatic N) is 1. The molecule has 1 aliphatic rings. The molecule has 1 saturated carbocycles. The second kappa shape index (κ2) is 8.89. The number of furan rings is 1. The van der Waals surface area contributed by atoms with Crippen LogP contribution in [0, 0.1) is 5.92 Å². The highest BCUT2D eigenvalue weighted by atomic mass is 35.5. The molecule has 1 N–H and O–H groups in total. The van der Waals surface area contributed by atoms with E-state index in [1.54, 1.807) is 30.3 Å². The van der Waals surface area contributed by atoms with E-state index in [0.717, 1.165) is 17.5 Å². The molecule has 1 atom stereocenters. The van der Waals surface area contributed by atoms with Gasteiger partial charge in [-0.25, -0.2) is 5.43 Å². The van der Waals surface area contributed by atoms with Gasteiger partial charge >= 0.3 is 0 Å². The number of benzene rings is 3. The largest absolute Gasteiger partial charge is 0.455 e. The average molecular weight is 475 g/mol. The standard InChI is InChI=1S/C27H20Cl2N2O2/c28-20-11-13-24(29)22(15-20)25-14-12-21(33-25)17-30-31-26(32)23-16-27(23,18-7-3-1-4-8-18)19-9-5-2-6-10-19/h1-15,17,23H,16H2,(H,31,32)/t23-/m1/s1. The molecule has 4 nitrogen and oxygen atoms in total. The van der Waals surface area contributed by atoms with Crippen LogP contribution >= 0.6 is 23.2 Å². The van der Waals surface area contributed by atoms with Crippen LogP contribution in [0.2, 0.25) is 10.0 Å². The maximum Gasteiger partial charge on any atom is 0.244 e. The van der Waals surface area contributed by atoms with Gasteiger partial charge in [0.1, 0.15) is 11.5 Å². The highest BCUT2D eigenvalue weighted by Gasteiger charge is 2.60. The molecule has 164 valence electrons. The van der Waals surface area contributed by atoms with Crippen LogP contribution in [0.25, 0.3) is 11.3 Å². The number of amides is 1. The highest BCUT2D eigenvalue weighted by Crippen LogP contribution is 2.58. The Morgan fingerprint density at radius 2 is 1.61 bits per heavy atom. The minimum absolute atomic E-state index is 0.122. The van der Waals surface area contributed by atoms with Gasteiger partial charge in [0.2, 0.25) is 5.91 Å². The first kappa shape index (κ1) is 21.5. The third-order valence-corrected chi connectivity index (χ3v) is 6.61. The molecule has 1 fully saturated rings. The second-order valence-electron chi connectivity index (χ2n) is 8.02. The maximum atomic E-state index is 13.0. The Hall–Kier alpha value is -3.34. The minimum atomic E-state index is -0.330. The zero-order valence-electron chi connectivity index (χ0n) is 17.5. The fraction of sp³-hybridized carbons (Fsp3) is 0.111. The first-order chi connectivity index (χ1) is 16.1. The first-order valence-corrected chi connectivity index (χ1v) is 11.3. The smallest absolute Gasteiger partial charge is 0.244 e. The van der Waals surface area contributed by atoms with Crippen molar-refractivity contribution in [1.29, 1.82) is 0 Å². The zero-order valence-corrected chi connectivity index (χ0v) is 19.1. The topological polar surface area (TPSA) is 54.6 Å². The zero-order chi connectivity index (χ0) is 22.8. The van der Waals surface area contributed by atoms with E-state index in [9.17, 15) is 4.79 Å². The molecular formula is C27H20Cl2N2O2. The van der Waals surface area contributed by atoms with Crippen molar-refractivity contribution >= 4 is 35.3 Å². The molecule has 1 aliphatic carbocycles. The molecule has 0 saturated heterocycles. The number of hydrogen-bond donors (Lipinski definition) is 1. The number of carbonyl (C=O) groups excluding carboxylic acids is 1. The molecule has 1 aromatic heterocycles. The molecule has 0 spiro atoms. The van der Waals surface area contributed by atoms with E-state index < -0.39 is 0 Å². The summed E-state index contributed by atoms with van der Waals surface area (Å²) in [6.07, 6.45) is 2.22. The molecule has 33 heavy (non-hydrogen) atoms. The number of carbonyl (C=O) groups is 1. The molecule has 0 unspecified atom stereocenters. The van der Waals surface area contributed by atoms with Gasteiger partial charge in [0.05, 0.1) is 17.2 Å². The Bertz CT molecular complexity index is 1280. The lowest BCUT2D eigenvalue weighted by atomic mass is 9.85. The van der Waals surface area contributed by atoms with E-state index >= 15 is 0 Å². The summed E-state index contributed by atoms with van der Waals surface area (Å²) in [5, 5.41) is 5.23. The van der Waals surface area contributed by atoms with Gasteiger partial charge in [0.25, 0.3) is 0 Å². The molecule has 3 aromatic carbocycles. The molecule has 1 amide bonds. The molecule has 6 heteroatoms. The number of hydrogen-bond acceptors (Lipinski definition) is 3. The van der Waals surface area contributed by atoms with Crippen molar-refractivity contribution in [3.63, 3.8) is 0 Å². The first-order valence-electron chi connectivity index (χ1n) is 10.6. The normalized spacial score (nSPS) is 16.6. The van der Waals surface area contributed by atoms with E-state index in [1.807, 2.05) is 36.4 Å². The number of halogens is 2. The fourth-order valence-electron chi connectivity index (χ4n) is 4.35. The van der Waals surface area contributed by atoms with Gasteiger partial charge in [-0.3, -0.25) is 4.79 Å². The van der Waals surface area contributed by atoms with Crippen LogP contribution in [0.1, 0.15) is 23.3 Å². The summed E-state index contributed by atoms with van der Waals surface area (Å²) in [7, 11) is 0. The summed E-state index contributed by atoms with van der Waals surface area (Å²) in [4.78, 5) is 13.0. The Labute approximate surface area is 201 Å². The summed E-state index contributed by atoms with van der Waals surface area (Å²) in [6, 6.07) is 29.0. The van der Waals surface area contributed by atoms with E-state index in [0.29, 0.717) is 27.1 Å². The molecule has 0 aliphatic heterocycles. The molecule has 0 bridgehead atoms. The third kappa shape index (κ3) is 4.20. The minimum Gasteiger partial charge on any atom is -0.455 e. The Morgan fingerprint density at radius 1 is 0.939 bits per heavy atom. The van der Waals surface area contributed by atoms with Gasteiger partial charge in [-0.1, -0.05) is 83.9 Å². The maximum absolute atomic E-state index is 13.0. The summed E-state index contributed by atoms with van der Waals surface area (Å²) in [5.41, 5.74) is 5.31. The average Bonchev–Trinajstić information content (AvgIpc) is 3.45. The lowest BCUT2D eigenvalue weighted by molar-refractivity contribution is -0.122. The summed E-state index contributed by atoms with van der Waals surface area (Å²) < 4.78 is 5.80. The summed E-state index contributed by atoms with van der Waals surface area (Å²) in [5.74, 6) is 0.750. The summed E-state index contributed by atoms with van der Waals surface area (Å²) in [6.45, 7) is 0. The Balaban J connectivity index is 1.31. The van der Waals surface area contributed by atoms with Crippen LogP contribution < -0.4 is 5.43 Å². The molecule has 5 rings (SSSR count). The Kier molecular flexibility index (Phi) is 5.79. The van der Waals surface area contributed by atoms with Gasteiger partial charge in [-0.2, -0.15) is 5.10 Å². The molecule has 1 heterocycles. The molecule has 4 aromatic rings.